The standard InChI is InChI=1S/C5H5BrO2S/c1-8-3-2-9-5(7)4(3)6/h2H2,1H3. The van der Waals surface area contributed by atoms with Crippen LogP contribution in [0.25, 0.3) is 0 Å². The van der Waals surface area contributed by atoms with Crippen molar-refractivity contribution in [2.45, 2.75) is 0 Å². The fourth-order valence-corrected chi connectivity index (χ4v) is 2.12. The second-order valence-corrected chi connectivity index (χ2v) is 3.26. The molecule has 0 atom stereocenters. The highest BCUT2D eigenvalue weighted by Gasteiger charge is 2.21. The zero-order valence-electron chi connectivity index (χ0n) is 4.81. The fraction of sp³-hybridized carbons (Fsp3) is 0.400. The Bertz CT molecular complexity index is 176. The average molecular weight is 209 g/mol. The van der Waals surface area contributed by atoms with Crippen LogP contribution >= 0.6 is 27.7 Å². The molecule has 0 aliphatic carbocycles. The molecule has 0 fully saturated rings. The zero-order valence-corrected chi connectivity index (χ0v) is 7.21. The van der Waals surface area contributed by atoms with E-state index < -0.39 is 0 Å². The maximum Gasteiger partial charge on any atom is 0.230 e. The molecule has 0 aromatic rings. The topological polar surface area (TPSA) is 26.3 Å². The van der Waals surface area contributed by atoms with Gasteiger partial charge in [-0.15, -0.1) is 0 Å². The number of ether oxygens (including phenoxy) is 1. The Morgan fingerprint density at radius 1 is 1.78 bits per heavy atom. The van der Waals surface area contributed by atoms with Gasteiger partial charge in [0.15, 0.2) is 0 Å². The largest absolute Gasteiger partial charge is 0.499 e. The number of carbonyl (C=O) groups is 1. The van der Waals surface area contributed by atoms with Crippen LogP contribution in [0.4, 0.5) is 0 Å². The lowest BCUT2D eigenvalue weighted by Crippen LogP contribution is -1.86. The first-order chi connectivity index (χ1) is 4.25. The summed E-state index contributed by atoms with van der Waals surface area (Å²) < 4.78 is 5.46. The van der Waals surface area contributed by atoms with Gasteiger partial charge in [-0.2, -0.15) is 0 Å². The van der Waals surface area contributed by atoms with Gasteiger partial charge in [0.2, 0.25) is 5.12 Å². The van der Waals surface area contributed by atoms with Crippen LogP contribution in [-0.4, -0.2) is 18.0 Å². The Labute approximate surface area is 65.8 Å². The Morgan fingerprint density at radius 2 is 2.44 bits per heavy atom. The molecule has 4 heteroatoms. The summed E-state index contributed by atoms with van der Waals surface area (Å²) in [5, 5.41) is 0.0619. The van der Waals surface area contributed by atoms with E-state index in [1.165, 1.54) is 11.8 Å². The fourth-order valence-electron chi connectivity index (χ4n) is 0.520. The Morgan fingerprint density at radius 3 is 2.67 bits per heavy atom. The van der Waals surface area contributed by atoms with E-state index in [1.54, 1.807) is 7.11 Å². The van der Waals surface area contributed by atoms with Gasteiger partial charge < -0.3 is 4.74 Å². The summed E-state index contributed by atoms with van der Waals surface area (Å²) in [7, 11) is 1.57. The number of carbonyl (C=O) groups excluding carboxylic acids is 1. The molecule has 0 N–H and O–H groups in total. The molecule has 9 heavy (non-hydrogen) atoms. The molecular weight excluding hydrogens is 204 g/mol. The normalized spacial score (nSPS) is 19.1. The van der Waals surface area contributed by atoms with Crippen LogP contribution in [0.3, 0.4) is 0 Å². The van der Waals surface area contributed by atoms with E-state index in [1.807, 2.05) is 0 Å². The van der Waals surface area contributed by atoms with E-state index >= 15 is 0 Å². The molecule has 0 bridgehead atoms. The lowest BCUT2D eigenvalue weighted by Gasteiger charge is -1.95. The SMILES string of the molecule is COC1=C(Br)C(=O)SC1. The highest BCUT2D eigenvalue weighted by atomic mass is 79.9. The second kappa shape index (κ2) is 2.75. The van der Waals surface area contributed by atoms with Crippen molar-refractivity contribution < 1.29 is 9.53 Å². The van der Waals surface area contributed by atoms with E-state index in [9.17, 15) is 4.79 Å². The highest BCUT2D eigenvalue weighted by molar-refractivity contribution is 9.12. The van der Waals surface area contributed by atoms with Gasteiger partial charge in [-0.1, -0.05) is 11.8 Å². The number of halogens is 1. The Kier molecular flexibility index (Phi) is 2.18. The molecule has 0 spiro atoms. The van der Waals surface area contributed by atoms with Gasteiger partial charge in [0, 0.05) is 0 Å². The Hall–Kier alpha value is 0.0400. The molecule has 0 radical (unpaired) electrons. The summed E-state index contributed by atoms with van der Waals surface area (Å²) in [6.45, 7) is 0. The first-order valence-electron chi connectivity index (χ1n) is 2.35. The van der Waals surface area contributed by atoms with Gasteiger partial charge in [-0.3, -0.25) is 4.79 Å². The van der Waals surface area contributed by atoms with Crippen LogP contribution < -0.4 is 0 Å². The van der Waals surface area contributed by atoms with Crippen LogP contribution in [0.1, 0.15) is 0 Å². The van der Waals surface area contributed by atoms with Crippen molar-refractivity contribution in [3.05, 3.63) is 10.2 Å². The molecule has 1 rings (SSSR count). The van der Waals surface area contributed by atoms with Gasteiger partial charge in [-0.25, -0.2) is 0 Å². The predicted molar refractivity (Wildman–Crippen MR) is 40.4 cm³/mol. The molecule has 0 unspecified atom stereocenters. The quantitative estimate of drug-likeness (QED) is 0.654. The molecular formula is C5H5BrO2S. The molecule has 50 valence electrons. The minimum Gasteiger partial charge on any atom is -0.499 e. The highest BCUT2D eigenvalue weighted by Crippen LogP contribution is 2.30. The first kappa shape index (κ1) is 7.15. The first-order valence-corrected chi connectivity index (χ1v) is 4.13. The van der Waals surface area contributed by atoms with Crippen LogP contribution in [0.15, 0.2) is 10.2 Å². The van der Waals surface area contributed by atoms with E-state index in [2.05, 4.69) is 15.9 Å². The summed E-state index contributed by atoms with van der Waals surface area (Å²) >= 11 is 4.37. The number of rotatable bonds is 1. The smallest absolute Gasteiger partial charge is 0.230 e. The van der Waals surface area contributed by atoms with Gasteiger partial charge >= 0.3 is 0 Å². The van der Waals surface area contributed by atoms with Gasteiger partial charge in [0.05, 0.1) is 12.9 Å². The molecule has 0 saturated heterocycles. The molecule has 2 nitrogen and oxygen atoms in total. The lowest BCUT2D eigenvalue weighted by atomic mass is 10.5. The van der Waals surface area contributed by atoms with Gasteiger partial charge in [0.1, 0.15) is 10.2 Å². The summed E-state index contributed by atoms with van der Waals surface area (Å²) in [5.74, 6) is 1.40. The molecule has 0 aromatic carbocycles. The van der Waals surface area contributed by atoms with Gasteiger partial charge in [-0.05, 0) is 15.9 Å². The molecule has 1 aliphatic heterocycles. The summed E-state index contributed by atoms with van der Waals surface area (Å²) in [4.78, 5) is 10.7. The van der Waals surface area contributed by atoms with E-state index in [4.69, 9.17) is 4.74 Å². The van der Waals surface area contributed by atoms with Gasteiger partial charge in [0.25, 0.3) is 0 Å². The summed E-state index contributed by atoms with van der Waals surface area (Å²) in [5.41, 5.74) is 0. The third kappa shape index (κ3) is 1.30. The maximum atomic E-state index is 10.7. The third-order valence-corrected chi connectivity index (χ3v) is 2.94. The van der Waals surface area contributed by atoms with Crippen molar-refractivity contribution in [2.75, 3.05) is 12.9 Å². The predicted octanol–water partition coefficient (Wildman–Crippen LogP) is 1.51. The second-order valence-electron chi connectivity index (χ2n) is 1.52. The molecule has 0 aromatic heterocycles. The number of thioether (sulfide) groups is 1. The summed E-state index contributed by atoms with van der Waals surface area (Å²) in [6.07, 6.45) is 0. The molecule has 1 heterocycles. The minimum absolute atomic E-state index is 0.0619. The molecule has 0 saturated carbocycles. The van der Waals surface area contributed by atoms with Crippen molar-refractivity contribution in [3.63, 3.8) is 0 Å². The Balaban J connectivity index is 2.79. The van der Waals surface area contributed by atoms with Crippen molar-refractivity contribution in [3.8, 4) is 0 Å². The average Bonchev–Trinajstić information content (AvgIpc) is 2.15. The van der Waals surface area contributed by atoms with Crippen molar-refractivity contribution in [1.29, 1.82) is 0 Å². The third-order valence-electron chi connectivity index (χ3n) is 1.00. The van der Waals surface area contributed by atoms with Crippen LogP contribution in [-0.2, 0) is 9.53 Å². The van der Waals surface area contributed by atoms with Crippen molar-refractivity contribution >= 4 is 32.8 Å². The van der Waals surface area contributed by atoms with Crippen LogP contribution in [0.5, 0.6) is 0 Å². The monoisotopic (exact) mass is 208 g/mol. The van der Waals surface area contributed by atoms with E-state index in [0.29, 0.717) is 10.2 Å². The minimum atomic E-state index is 0.0619. The van der Waals surface area contributed by atoms with Crippen molar-refractivity contribution in [1.82, 2.24) is 0 Å². The van der Waals surface area contributed by atoms with Crippen LogP contribution in [0.2, 0.25) is 0 Å². The molecule has 0 amide bonds. The number of methoxy groups -OCH3 is 1. The van der Waals surface area contributed by atoms with E-state index in [0.717, 1.165) is 5.76 Å². The zero-order chi connectivity index (χ0) is 6.85. The van der Waals surface area contributed by atoms with Crippen molar-refractivity contribution in [2.24, 2.45) is 0 Å². The number of hydrogen-bond acceptors (Lipinski definition) is 3. The van der Waals surface area contributed by atoms with E-state index in [-0.39, 0.29) is 5.12 Å². The number of hydrogen-bond donors (Lipinski definition) is 0. The van der Waals surface area contributed by atoms with Crippen LogP contribution in [0, 0.1) is 0 Å². The maximum absolute atomic E-state index is 10.7. The lowest BCUT2D eigenvalue weighted by molar-refractivity contribution is -0.107. The summed E-state index contributed by atoms with van der Waals surface area (Å²) in [6, 6.07) is 0. The molecule has 1 aliphatic rings.